The highest BCUT2D eigenvalue weighted by Crippen LogP contribution is 2.25. The van der Waals surface area contributed by atoms with E-state index in [4.69, 9.17) is 0 Å². The first-order chi connectivity index (χ1) is 8.06. The molecule has 1 heterocycles. The van der Waals surface area contributed by atoms with Gasteiger partial charge in [-0.2, -0.15) is 0 Å². The summed E-state index contributed by atoms with van der Waals surface area (Å²) in [6.07, 6.45) is 1.24. The minimum Gasteiger partial charge on any atom is -0.465 e. The highest BCUT2D eigenvalue weighted by atomic mass is 19.1. The van der Waals surface area contributed by atoms with Crippen LogP contribution in [0.2, 0.25) is 0 Å². The Hall–Kier alpha value is -2.04. The van der Waals surface area contributed by atoms with Crippen molar-refractivity contribution in [3.05, 3.63) is 41.1 Å². The Morgan fingerprint density at radius 1 is 1.41 bits per heavy atom. The van der Waals surface area contributed by atoms with Gasteiger partial charge in [-0.1, -0.05) is 0 Å². The molecule has 0 aliphatic heterocycles. The number of nitrogens with zero attached hydrogens (tertiary/aromatic N) is 1. The molecular weight excluding hydrogens is 228 g/mol. The van der Waals surface area contributed by atoms with Gasteiger partial charge in [0, 0.05) is 6.20 Å². The number of carbonyl (C=O) groups is 1. The maximum atomic E-state index is 13.9. The van der Waals surface area contributed by atoms with Gasteiger partial charge >= 0.3 is 5.97 Å². The van der Waals surface area contributed by atoms with Crippen molar-refractivity contribution in [2.45, 2.75) is 6.92 Å². The Balaban J connectivity index is 2.92. The Bertz CT molecular complexity index is 611. The molecule has 5 heteroatoms. The van der Waals surface area contributed by atoms with Crippen LogP contribution in [0, 0.1) is 18.6 Å². The normalized spacial score (nSPS) is 10.6. The van der Waals surface area contributed by atoms with E-state index in [1.807, 2.05) is 0 Å². The maximum Gasteiger partial charge on any atom is 0.338 e. The number of aryl methyl sites for hydroxylation is 1. The number of methoxy groups -OCH3 is 1. The van der Waals surface area contributed by atoms with Crippen molar-refractivity contribution < 1.29 is 18.3 Å². The topological polar surface area (TPSA) is 39.2 Å². The average molecular weight is 237 g/mol. The minimum atomic E-state index is -0.721. The Kier molecular flexibility index (Phi) is 2.75. The van der Waals surface area contributed by atoms with Gasteiger partial charge in [0.25, 0.3) is 0 Å². The van der Waals surface area contributed by atoms with Gasteiger partial charge in [0.1, 0.15) is 17.2 Å². The van der Waals surface area contributed by atoms with Crippen molar-refractivity contribution in [2.24, 2.45) is 0 Å². The second-order valence-electron chi connectivity index (χ2n) is 3.56. The van der Waals surface area contributed by atoms with Crippen LogP contribution < -0.4 is 0 Å². The second kappa shape index (κ2) is 4.08. The lowest BCUT2D eigenvalue weighted by Gasteiger charge is -2.07. The van der Waals surface area contributed by atoms with E-state index in [0.717, 1.165) is 6.07 Å². The molecule has 0 aliphatic carbocycles. The van der Waals surface area contributed by atoms with E-state index in [0.29, 0.717) is 0 Å². The third kappa shape index (κ3) is 1.73. The number of benzene rings is 1. The third-order valence-corrected chi connectivity index (χ3v) is 2.49. The third-order valence-electron chi connectivity index (χ3n) is 2.49. The molecule has 0 saturated heterocycles. The molecule has 0 radical (unpaired) electrons. The summed E-state index contributed by atoms with van der Waals surface area (Å²) in [7, 11) is 1.18. The smallest absolute Gasteiger partial charge is 0.338 e. The molecule has 0 unspecified atom stereocenters. The highest BCUT2D eigenvalue weighted by molar-refractivity contribution is 6.03. The monoisotopic (exact) mass is 237 g/mol. The summed E-state index contributed by atoms with van der Waals surface area (Å²) in [5.41, 5.74) is -0.0817. The van der Waals surface area contributed by atoms with Gasteiger partial charge in [-0.25, -0.2) is 13.6 Å². The first-order valence-corrected chi connectivity index (χ1v) is 4.88. The number of fused-ring (bicyclic) bond motifs is 1. The molecule has 88 valence electrons. The predicted molar refractivity (Wildman–Crippen MR) is 57.7 cm³/mol. The number of pyridine rings is 1. The fourth-order valence-corrected chi connectivity index (χ4v) is 1.66. The van der Waals surface area contributed by atoms with Crippen molar-refractivity contribution in [1.29, 1.82) is 0 Å². The molecule has 2 aromatic rings. The SMILES string of the molecule is COC(=O)c1ccnc2c(F)cc(C)c(F)c12. The zero-order valence-corrected chi connectivity index (χ0v) is 9.25. The zero-order chi connectivity index (χ0) is 12.6. The van der Waals surface area contributed by atoms with Gasteiger partial charge < -0.3 is 4.74 Å². The fourth-order valence-electron chi connectivity index (χ4n) is 1.66. The van der Waals surface area contributed by atoms with Crippen LogP contribution in [0.1, 0.15) is 15.9 Å². The lowest BCUT2D eigenvalue weighted by atomic mass is 10.1. The molecule has 3 nitrogen and oxygen atoms in total. The quantitative estimate of drug-likeness (QED) is 0.715. The van der Waals surface area contributed by atoms with Crippen molar-refractivity contribution >= 4 is 16.9 Å². The van der Waals surface area contributed by atoms with E-state index in [1.54, 1.807) is 0 Å². The van der Waals surface area contributed by atoms with E-state index in [-0.39, 0.29) is 22.0 Å². The number of esters is 1. The first-order valence-electron chi connectivity index (χ1n) is 4.88. The van der Waals surface area contributed by atoms with Crippen molar-refractivity contribution in [3.63, 3.8) is 0 Å². The number of hydrogen-bond donors (Lipinski definition) is 0. The molecule has 0 bridgehead atoms. The van der Waals surface area contributed by atoms with Crippen LogP contribution >= 0.6 is 0 Å². The maximum absolute atomic E-state index is 13.9. The number of rotatable bonds is 1. The molecule has 0 N–H and O–H groups in total. The molecule has 0 saturated carbocycles. The van der Waals surface area contributed by atoms with E-state index < -0.39 is 17.6 Å². The molecule has 0 fully saturated rings. The van der Waals surface area contributed by atoms with Gasteiger partial charge in [0.05, 0.1) is 18.1 Å². The average Bonchev–Trinajstić information content (AvgIpc) is 2.34. The summed E-state index contributed by atoms with van der Waals surface area (Å²) >= 11 is 0. The van der Waals surface area contributed by atoms with Gasteiger partial charge in [-0.3, -0.25) is 4.98 Å². The predicted octanol–water partition coefficient (Wildman–Crippen LogP) is 2.61. The van der Waals surface area contributed by atoms with Gasteiger partial charge in [-0.05, 0) is 24.6 Å². The van der Waals surface area contributed by atoms with Gasteiger partial charge in [-0.15, -0.1) is 0 Å². The number of hydrogen-bond acceptors (Lipinski definition) is 3. The van der Waals surface area contributed by atoms with E-state index in [9.17, 15) is 13.6 Å². The van der Waals surface area contributed by atoms with Crippen molar-refractivity contribution in [2.75, 3.05) is 7.11 Å². The molecule has 17 heavy (non-hydrogen) atoms. The van der Waals surface area contributed by atoms with Crippen LogP contribution in [-0.4, -0.2) is 18.1 Å². The second-order valence-corrected chi connectivity index (χ2v) is 3.56. The molecule has 0 spiro atoms. The summed E-state index contributed by atoms with van der Waals surface area (Å²) < 4.78 is 32.0. The van der Waals surface area contributed by atoms with Crippen LogP contribution in [0.4, 0.5) is 8.78 Å². The van der Waals surface area contributed by atoms with Crippen LogP contribution in [-0.2, 0) is 4.74 Å². The van der Waals surface area contributed by atoms with Crippen LogP contribution in [0.3, 0.4) is 0 Å². The Morgan fingerprint density at radius 3 is 2.76 bits per heavy atom. The summed E-state index contributed by atoms with van der Waals surface area (Å²) in [4.78, 5) is 15.2. The van der Waals surface area contributed by atoms with Crippen LogP contribution in [0.15, 0.2) is 18.3 Å². The summed E-state index contributed by atoms with van der Waals surface area (Å²) in [6, 6.07) is 2.35. The summed E-state index contributed by atoms with van der Waals surface area (Å²) in [5, 5.41) is -0.142. The molecular formula is C12H9F2NO2. The Labute approximate surface area is 96.0 Å². The van der Waals surface area contributed by atoms with Crippen LogP contribution in [0.25, 0.3) is 10.9 Å². The van der Waals surface area contributed by atoms with Crippen molar-refractivity contribution in [1.82, 2.24) is 4.98 Å². The fraction of sp³-hybridized carbons (Fsp3) is 0.167. The Morgan fingerprint density at radius 2 is 2.12 bits per heavy atom. The molecule has 1 aromatic carbocycles. The first kappa shape index (κ1) is 11.4. The highest BCUT2D eigenvalue weighted by Gasteiger charge is 2.18. The van der Waals surface area contributed by atoms with Gasteiger partial charge in [0.2, 0.25) is 0 Å². The molecule has 0 amide bonds. The summed E-state index contributed by atoms with van der Waals surface area (Å²) in [5.74, 6) is -2.04. The largest absolute Gasteiger partial charge is 0.465 e. The minimum absolute atomic E-state index is 0.0300. The van der Waals surface area contributed by atoms with E-state index in [2.05, 4.69) is 9.72 Å². The molecule has 2 rings (SSSR count). The lowest BCUT2D eigenvalue weighted by Crippen LogP contribution is -2.05. The molecule has 1 aromatic heterocycles. The number of halogens is 2. The molecule has 0 aliphatic rings. The van der Waals surface area contributed by atoms with E-state index >= 15 is 0 Å². The standard InChI is InChI=1S/C12H9F2NO2/c1-6-5-8(13)11-9(10(6)14)7(3-4-15-11)12(16)17-2/h3-5H,1-2H3. The molecule has 0 atom stereocenters. The number of carbonyl (C=O) groups excluding carboxylic acids is 1. The number of aromatic nitrogens is 1. The summed E-state index contributed by atoms with van der Waals surface area (Å²) in [6.45, 7) is 1.42. The van der Waals surface area contributed by atoms with Crippen LogP contribution in [0.5, 0.6) is 0 Å². The van der Waals surface area contributed by atoms with Gasteiger partial charge in [0.15, 0.2) is 0 Å². The van der Waals surface area contributed by atoms with Crippen molar-refractivity contribution in [3.8, 4) is 0 Å². The zero-order valence-electron chi connectivity index (χ0n) is 9.25. The lowest BCUT2D eigenvalue weighted by molar-refractivity contribution is 0.0602. The van der Waals surface area contributed by atoms with E-state index in [1.165, 1.54) is 26.3 Å². The number of ether oxygens (including phenoxy) is 1.